The summed E-state index contributed by atoms with van der Waals surface area (Å²) < 4.78 is 68.6. The number of carbonyl (C=O) groups is 4. The van der Waals surface area contributed by atoms with Gasteiger partial charge in [-0.25, -0.2) is 9.13 Å². The zero-order chi connectivity index (χ0) is 72.1. The van der Waals surface area contributed by atoms with Crippen molar-refractivity contribution in [3.05, 3.63) is 0 Å². The topological polar surface area (TPSA) is 237 Å². The molecule has 582 valence electrons. The quantitative estimate of drug-likeness (QED) is 0.0222. The molecule has 98 heavy (non-hydrogen) atoms. The average Bonchev–Trinajstić information content (AvgIpc) is 0.937. The Labute approximate surface area is 600 Å². The van der Waals surface area contributed by atoms with Gasteiger partial charge < -0.3 is 33.8 Å². The first kappa shape index (κ1) is 96.1. The first-order chi connectivity index (χ1) is 47.4. The van der Waals surface area contributed by atoms with Gasteiger partial charge in [-0.3, -0.25) is 37.3 Å². The maximum absolute atomic E-state index is 13.1. The SMILES string of the molecule is CCCCCCCCCCCCCCCCCCCCC(=O)O[C@H](COC(=O)CCCCCCCCCCCCCCCCCC)COP(=O)(O)OC[C@@H](O)COP(=O)(O)OC[C@@H](COC(=O)CCCCCCCCC(C)C)OC(=O)CCCCCCCCCCCCCCC(C)C. The van der Waals surface area contributed by atoms with Gasteiger partial charge in [0.1, 0.15) is 19.3 Å². The molecular formula is C79H154O17P2. The molecule has 0 rings (SSSR count). The smallest absolute Gasteiger partial charge is 0.462 e. The lowest BCUT2D eigenvalue weighted by atomic mass is 10.0. The van der Waals surface area contributed by atoms with Crippen LogP contribution in [0.1, 0.15) is 414 Å². The van der Waals surface area contributed by atoms with E-state index in [0.717, 1.165) is 102 Å². The third-order valence-corrected chi connectivity index (χ3v) is 20.4. The van der Waals surface area contributed by atoms with Gasteiger partial charge in [0.05, 0.1) is 26.4 Å². The van der Waals surface area contributed by atoms with Crippen LogP contribution < -0.4 is 0 Å². The van der Waals surface area contributed by atoms with Crippen molar-refractivity contribution in [2.24, 2.45) is 11.8 Å². The molecule has 0 aromatic heterocycles. The Morgan fingerprint density at radius 1 is 0.276 bits per heavy atom. The van der Waals surface area contributed by atoms with E-state index in [4.69, 9.17) is 37.0 Å². The van der Waals surface area contributed by atoms with Crippen LogP contribution in [0, 0.1) is 11.8 Å². The predicted octanol–water partition coefficient (Wildman–Crippen LogP) is 23.5. The van der Waals surface area contributed by atoms with Gasteiger partial charge in [0.15, 0.2) is 12.2 Å². The number of ether oxygens (including phenoxy) is 4. The number of carbonyl (C=O) groups excluding carboxylic acids is 4. The fourth-order valence-electron chi connectivity index (χ4n) is 12.2. The van der Waals surface area contributed by atoms with E-state index in [1.165, 1.54) is 225 Å². The number of aliphatic hydroxyl groups excluding tert-OH is 1. The number of hydrogen-bond donors (Lipinski definition) is 3. The Bertz CT molecular complexity index is 1890. The molecule has 2 unspecified atom stereocenters. The Hall–Kier alpha value is -1.94. The van der Waals surface area contributed by atoms with Gasteiger partial charge in [-0.15, -0.1) is 0 Å². The molecule has 0 heterocycles. The van der Waals surface area contributed by atoms with E-state index in [1.807, 2.05) is 0 Å². The lowest BCUT2D eigenvalue weighted by Gasteiger charge is -2.21. The van der Waals surface area contributed by atoms with Crippen molar-refractivity contribution in [3.63, 3.8) is 0 Å². The van der Waals surface area contributed by atoms with Crippen LogP contribution in [0.2, 0.25) is 0 Å². The minimum Gasteiger partial charge on any atom is -0.462 e. The molecule has 0 aliphatic rings. The molecule has 0 saturated carbocycles. The Morgan fingerprint density at radius 2 is 0.469 bits per heavy atom. The molecule has 0 saturated heterocycles. The van der Waals surface area contributed by atoms with Crippen molar-refractivity contribution in [1.29, 1.82) is 0 Å². The van der Waals surface area contributed by atoms with Crippen molar-refractivity contribution < 1.29 is 80.2 Å². The van der Waals surface area contributed by atoms with Gasteiger partial charge >= 0.3 is 39.5 Å². The number of unbranched alkanes of at least 4 members (excludes halogenated alkanes) is 48. The third kappa shape index (κ3) is 72.4. The van der Waals surface area contributed by atoms with Gasteiger partial charge in [0.25, 0.3) is 0 Å². The summed E-state index contributed by atoms with van der Waals surface area (Å²) in [6.45, 7) is 9.55. The van der Waals surface area contributed by atoms with Gasteiger partial charge in [0.2, 0.25) is 0 Å². The standard InChI is InChI=1S/C79H154O17P2/c1-7-9-11-13-15-17-19-21-23-25-26-28-30-35-39-43-51-57-63-78(83)95-74(67-89-76(81)61-55-49-42-38-34-29-27-24-22-20-18-16-14-12-10-8-2)69-93-97(85,86)91-65-73(80)66-92-98(87,88)94-70-75(68-90-77(82)62-56-50-46-45-48-54-60-72(5)6)96-79(84)64-58-52-44-40-36-32-31-33-37-41-47-53-59-71(3)4/h71-75,80H,7-70H2,1-6H3,(H,85,86)(H,87,88)/t73-,74-,75-/m1/s1. The summed E-state index contributed by atoms with van der Waals surface area (Å²) in [4.78, 5) is 72.9. The molecular weight excluding hydrogens is 1280 g/mol. The van der Waals surface area contributed by atoms with Crippen LogP contribution in [0.5, 0.6) is 0 Å². The Morgan fingerprint density at radius 3 is 0.694 bits per heavy atom. The van der Waals surface area contributed by atoms with Crippen LogP contribution in [-0.2, 0) is 65.4 Å². The van der Waals surface area contributed by atoms with Crippen LogP contribution in [0.25, 0.3) is 0 Å². The number of hydrogen-bond acceptors (Lipinski definition) is 15. The van der Waals surface area contributed by atoms with Crippen molar-refractivity contribution in [2.75, 3.05) is 39.6 Å². The lowest BCUT2D eigenvalue weighted by Crippen LogP contribution is -2.30. The van der Waals surface area contributed by atoms with E-state index in [2.05, 4.69) is 41.5 Å². The zero-order valence-electron chi connectivity index (χ0n) is 64.1. The second-order valence-corrected chi connectivity index (χ2v) is 32.3. The molecule has 0 aromatic rings. The molecule has 0 radical (unpaired) electrons. The van der Waals surface area contributed by atoms with Crippen LogP contribution >= 0.6 is 15.6 Å². The summed E-state index contributed by atoms with van der Waals surface area (Å²) in [6, 6.07) is 0. The van der Waals surface area contributed by atoms with Crippen molar-refractivity contribution >= 4 is 39.5 Å². The zero-order valence-corrected chi connectivity index (χ0v) is 65.9. The molecule has 0 amide bonds. The van der Waals surface area contributed by atoms with E-state index in [9.17, 15) is 43.2 Å². The lowest BCUT2D eigenvalue weighted by molar-refractivity contribution is -0.161. The normalized spacial score (nSPS) is 13.9. The molecule has 0 fully saturated rings. The van der Waals surface area contributed by atoms with E-state index < -0.39 is 97.5 Å². The predicted molar refractivity (Wildman–Crippen MR) is 400 cm³/mol. The first-order valence-electron chi connectivity index (χ1n) is 41.0. The Balaban J connectivity index is 5.23. The van der Waals surface area contributed by atoms with Crippen LogP contribution in [0.4, 0.5) is 0 Å². The van der Waals surface area contributed by atoms with Gasteiger partial charge in [-0.1, -0.05) is 363 Å². The summed E-state index contributed by atoms with van der Waals surface area (Å²) in [7, 11) is -9.92. The van der Waals surface area contributed by atoms with E-state index in [1.54, 1.807) is 0 Å². The van der Waals surface area contributed by atoms with E-state index in [-0.39, 0.29) is 25.7 Å². The summed E-state index contributed by atoms with van der Waals surface area (Å²) in [5, 5.41) is 10.6. The molecule has 17 nitrogen and oxygen atoms in total. The minimum absolute atomic E-state index is 0.106. The number of rotatable bonds is 78. The molecule has 3 N–H and O–H groups in total. The number of phosphoric acid groups is 2. The van der Waals surface area contributed by atoms with E-state index in [0.29, 0.717) is 31.6 Å². The highest BCUT2D eigenvalue weighted by atomic mass is 31.2. The largest absolute Gasteiger partial charge is 0.472 e. The highest BCUT2D eigenvalue weighted by molar-refractivity contribution is 7.47. The molecule has 0 aromatic carbocycles. The number of aliphatic hydroxyl groups is 1. The summed E-state index contributed by atoms with van der Waals surface area (Å²) >= 11 is 0. The highest BCUT2D eigenvalue weighted by Gasteiger charge is 2.30. The molecule has 0 aliphatic carbocycles. The second kappa shape index (κ2) is 70.7. The molecule has 5 atom stereocenters. The molecule has 0 bridgehead atoms. The Kier molecular flexibility index (Phi) is 69.3. The van der Waals surface area contributed by atoms with Gasteiger partial charge in [-0.05, 0) is 37.5 Å². The fraction of sp³-hybridized carbons (Fsp3) is 0.949. The maximum atomic E-state index is 13.1. The second-order valence-electron chi connectivity index (χ2n) is 29.4. The van der Waals surface area contributed by atoms with Gasteiger partial charge in [-0.2, -0.15) is 0 Å². The number of phosphoric ester groups is 2. The highest BCUT2D eigenvalue weighted by Crippen LogP contribution is 2.45. The molecule has 19 heteroatoms. The monoisotopic (exact) mass is 1440 g/mol. The first-order valence-corrected chi connectivity index (χ1v) is 44.0. The van der Waals surface area contributed by atoms with Crippen molar-refractivity contribution in [3.8, 4) is 0 Å². The van der Waals surface area contributed by atoms with Crippen molar-refractivity contribution in [1.82, 2.24) is 0 Å². The van der Waals surface area contributed by atoms with Crippen LogP contribution in [0.3, 0.4) is 0 Å². The molecule has 0 aliphatic heterocycles. The minimum atomic E-state index is -4.96. The maximum Gasteiger partial charge on any atom is 0.472 e. The third-order valence-electron chi connectivity index (χ3n) is 18.5. The summed E-state index contributed by atoms with van der Waals surface area (Å²) in [5.41, 5.74) is 0. The fourth-order valence-corrected chi connectivity index (χ4v) is 13.8. The van der Waals surface area contributed by atoms with E-state index >= 15 is 0 Å². The number of esters is 4. The van der Waals surface area contributed by atoms with Gasteiger partial charge in [0, 0.05) is 25.7 Å². The summed E-state index contributed by atoms with van der Waals surface area (Å²) in [5.74, 6) is -0.656. The van der Waals surface area contributed by atoms with Crippen LogP contribution in [0.15, 0.2) is 0 Å². The van der Waals surface area contributed by atoms with Crippen molar-refractivity contribution in [2.45, 2.75) is 432 Å². The summed E-state index contributed by atoms with van der Waals surface area (Å²) in [6.07, 6.45) is 59.8. The van der Waals surface area contributed by atoms with Crippen LogP contribution in [-0.4, -0.2) is 96.7 Å². The molecule has 0 spiro atoms. The average molecular weight is 1440 g/mol.